The van der Waals surface area contributed by atoms with Crippen LogP contribution in [0.25, 0.3) is 0 Å². The van der Waals surface area contributed by atoms with Crippen molar-refractivity contribution in [3.63, 3.8) is 0 Å². The van der Waals surface area contributed by atoms with Crippen LogP contribution in [0, 0.1) is 5.92 Å². The third-order valence-corrected chi connectivity index (χ3v) is 4.73. The van der Waals surface area contributed by atoms with Crippen molar-refractivity contribution in [3.05, 3.63) is 0 Å². The normalized spacial score (nSPS) is 26.3. The minimum Gasteiger partial charge on any atom is -0.368 e. The number of nitrogens with one attached hydrogen (secondary N) is 1. The monoisotopic (exact) mass is 283 g/mol. The molecule has 4 nitrogen and oxygen atoms in total. The molecule has 20 heavy (non-hydrogen) atoms. The minimum absolute atomic E-state index is 0.146. The molecule has 0 aromatic carbocycles. The summed E-state index contributed by atoms with van der Waals surface area (Å²) in [6, 6.07) is 0. The van der Waals surface area contributed by atoms with Crippen LogP contribution in [0.5, 0.6) is 0 Å². The molecule has 3 N–H and O–H groups in total. The molecule has 0 spiro atoms. The second-order valence-corrected chi connectivity index (χ2v) is 6.07. The number of carbonyl (C=O) groups is 1. The first kappa shape index (κ1) is 17.4. The lowest BCUT2D eigenvalue weighted by Gasteiger charge is -2.35. The predicted octanol–water partition coefficient (Wildman–Crippen LogP) is 2.13. The first-order valence-electron chi connectivity index (χ1n) is 8.38. The Morgan fingerprint density at radius 3 is 2.60 bits per heavy atom. The van der Waals surface area contributed by atoms with Gasteiger partial charge in [-0.2, -0.15) is 0 Å². The van der Waals surface area contributed by atoms with Gasteiger partial charge in [0.05, 0.1) is 0 Å². The Hall–Kier alpha value is -0.610. The fraction of sp³-hybridized carbons (Fsp3) is 0.938. The standard InChI is InChI=1S/C16H33N3O/c1-4-11-18-16(15(17)20)10-7-8-14(16)9-13-19(6-3)12-5-2/h14,18H,4-13H2,1-3H3,(H2,17,20). The number of amides is 1. The first-order chi connectivity index (χ1) is 9.60. The van der Waals surface area contributed by atoms with Crippen molar-refractivity contribution in [2.24, 2.45) is 11.7 Å². The molecule has 0 bridgehead atoms. The van der Waals surface area contributed by atoms with Crippen LogP contribution < -0.4 is 11.1 Å². The summed E-state index contributed by atoms with van der Waals surface area (Å²) in [5.74, 6) is 0.254. The zero-order valence-electron chi connectivity index (χ0n) is 13.6. The molecule has 4 heteroatoms. The van der Waals surface area contributed by atoms with Gasteiger partial charge in [-0.1, -0.05) is 27.2 Å². The Bertz CT molecular complexity index is 295. The highest BCUT2D eigenvalue weighted by molar-refractivity contribution is 5.85. The van der Waals surface area contributed by atoms with Crippen LogP contribution in [-0.4, -0.2) is 42.5 Å². The number of carbonyl (C=O) groups excluding carboxylic acids is 1. The van der Waals surface area contributed by atoms with E-state index in [0.29, 0.717) is 5.92 Å². The molecule has 1 aliphatic rings. The Morgan fingerprint density at radius 1 is 1.30 bits per heavy atom. The van der Waals surface area contributed by atoms with Gasteiger partial charge in [0.25, 0.3) is 0 Å². The van der Waals surface area contributed by atoms with Crippen molar-refractivity contribution in [1.82, 2.24) is 10.2 Å². The number of nitrogens with two attached hydrogens (primary N) is 1. The molecule has 0 heterocycles. The van der Waals surface area contributed by atoms with E-state index >= 15 is 0 Å². The highest BCUT2D eigenvalue weighted by atomic mass is 16.1. The maximum atomic E-state index is 12.0. The van der Waals surface area contributed by atoms with Crippen LogP contribution in [0.4, 0.5) is 0 Å². The van der Waals surface area contributed by atoms with Crippen molar-refractivity contribution >= 4 is 5.91 Å². The van der Waals surface area contributed by atoms with Gasteiger partial charge in [-0.05, 0) is 64.2 Å². The highest BCUT2D eigenvalue weighted by Gasteiger charge is 2.46. The smallest absolute Gasteiger partial charge is 0.238 e. The van der Waals surface area contributed by atoms with Gasteiger partial charge in [-0.15, -0.1) is 0 Å². The van der Waals surface area contributed by atoms with Crippen LogP contribution in [0.15, 0.2) is 0 Å². The Balaban J connectivity index is 2.63. The first-order valence-corrected chi connectivity index (χ1v) is 8.38. The molecular formula is C16H33N3O. The Labute approximate surface area is 124 Å². The maximum absolute atomic E-state index is 12.0. The van der Waals surface area contributed by atoms with Gasteiger partial charge in [0.15, 0.2) is 0 Å². The molecule has 0 saturated heterocycles. The van der Waals surface area contributed by atoms with E-state index in [1.54, 1.807) is 0 Å². The molecule has 118 valence electrons. The molecular weight excluding hydrogens is 250 g/mol. The van der Waals surface area contributed by atoms with E-state index in [1.807, 2.05) is 0 Å². The number of hydrogen-bond acceptors (Lipinski definition) is 3. The van der Waals surface area contributed by atoms with Crippen molar-refractivity contribution in [3.8, 4) is 0 Å². The number of rotatable bonds is 10. The van der Waals surface area contributed by atoms with Crippen molar-refractivity contribution < 1.29 is 4.79 Å². The molecule has 2 unspecified atom stereocenters. The quantitative estimate of drug-likeness (QED) is 0.646. The van der Waals surface area contributed by atoms with E-state index in [9.17, 15) is 4.79 Å². The van der Waals surface area contributed by atoms with E-state index in [-0.39, 0.29) is 5.91 Å². The lowest BCUT2D eigenvalue weighted by Crippen LogP contribution is -2.58. The van der Waals surface area contributed by atoms with Gasteiger partial charge >= 0.3 is 0 Å². The second kappa shape index (κ2) is 8.63. The zero-order chi connectivity index (χ0) is 15.0. The maximum Gasteiger partial charge on any atom is 0.238 e. The van der Waals surface area contributed by atoms with Gasteiger partial charge in [0.1, 0.15) is 5.54 Å². The molecule has 1 amide bonds. The number of nitrogens with zero attached hydrogens (tertiary/aromatic N) is 1. The van der Waals surface area contributed by atoms with E-state index in [2.05, 4.69) is 31.0 Å². The van der Waals surface area contributed by atoms with Gasteiger partial charge in [-0.25, -0.2) is 0 Å². The lowest BCUT2D eigenvalue weighted by atomic mass is 9.83. The molecule has 0 aromatic rings. The molecule has 0 aliphatic heterocycles. The van der Waals surface area contributed by atoms with Gasteiger partial charge < -0.3 is 16.0 Å². The third-order valence-electron chi connectivity index (χ3n) is 4.73. The fourth-order valence-electron chi connectivity index (χ4n) is 3.54. The Kier molecular flexibility index (Phi) is 7.52. The second-order valence-electron chi connectivity index (χ2n) is 6.07. The summed E-state index contributed by atoms with van der Waals surface area (Å²) in [7, 11) is 0. The van der Waals surface area contributed by atoms with Crippen LogP contribution in [0.2, 0.25) is 0 Å². The molecule has 1 aliphatic carbocycles. The number of hydrogen-bond donors (Lipinski definition) is 2. The van der Waals surface area contributed by atoms with Gasteiger partial charge in [0.2, 0.25) is 5.91 Å². The van der Waals surface area contributed by atoms with Crippen LogP contribution in [-0.2, 0) is 4.79 Å². The summed E-state index contributed by atoms with van der Waals surface area (Å²) < 4.78 is 0. The van der Waals surface area contributed by atoms with E-state index in [0.717, 1.165) is 58.3 Å². The minimum atomic E-state index is -0.443. The summed E-state index contributed by atoms with van der Waals surface area (Å²) in [5, 5.41) is 3.48. The SMILES string of the molecule is CCCNC1(C(N)=O)CCCC1CCN(CC)CCC. The molecule has 0 aromatic heterocycles. The topological polar surface area (TPSA) is 58.4 Å². The molecule has 1 saturated carbocycles. The molecule has 1 fully saturated rings. The average molecular weight is 283 g/mol. The summed E-state index contributed by atoms with van der Waals surface area (Å²) in [4.78, 5) is 14.5. The molecule has 2 atom stereocenters. The summed E-state index contributed by atoms with van der Waals surface area (Å²) >= 11 is 0. The van der Waals surface area contributed by atoms with Crippen LogP contribution >= 0.6 is 0 Å². The lowest BCUT2D eigenvalue weighted by molar-refractivity contribution is -0.126. The predicted molar refractivity (Wildman–Crippen MR) is 84.6 cm³/mol. The summed E-state index contributed by atoms with van der Waals surface area (Å²) in [6.07, 6.45) is 6.46. The van der Waals surface area contributed by atoms with E-state index in [4.69, 9.17) is 5.73 Å². The van der Waals surface area contributed by atoms with Gasteiger partial charge in [0, 0.05) is 0 Å². The van der Waals surface area contributed by atoms with Crippen LogP contribution in [0.3, 0.4) is 0 Å². The fourth-order valence-corrected chi connectivity index (χ4v) is 3.54. The molecule has 1 rings (SSSR count). The van der Waals surface area contributed by atoms with Crippen molar-refractivity contribution in [2.75, 3.05) is 26.2 Å². The largest absolute Gasteiger partial charge is 0.368 e. The Morgan fingerprint density at radius 2 is 2.05 bits per heavy atom. The summed E-state index contributed by atoms with van der Waals surface area (Å²) in [6.45, 7) is 10.8. The van der Waals surface area contributed by atoms with Gasteiger partial charge in [-0.3, -0.25) is 4.79 Å². The number of primary amides is 1. The van der Waals surface area contributed by atoms with E-state index < -0.39 is 5.54 Å². The van der Waals surface area contributed by atoms with Crippen molar-refractivity contribution in [2.45, 2.75) is 64.8 Å². The van der Waals surface area contributed by atoms with Crippen LogP contribution in [0.1, 0.15) is 59.3 Å². The summed E-state index contributed by atoms with van der Waals surface area (Å²) in [5.41, 5.74) is 5.30. The van der Waals surface area contributed by atoms with Crippen molar-refractivity contribution in [1.29, 1.82) is 0 Å². The third kappa shape index (κ3) is 4.19. The molecule has 0 radical (unpaired) electrons. The zero-order valence-corrected chi connectivity index (χ0v) is 13.6. The average Bonchev–Trinajstić information content (AvgIpc) is 2.85. The van der Waals surface area contributed by atoms with E-state index in [1.165, 1.54) is 6.42 Å². The highest BCUT2D eigenvalue weighted by Crippen LogP contribution is 2.38.